The third-order valence-electron chi connectivity index (χ3n) is 5.70. The van der Waals surface area contributed by atoms with Gasteiger partial charge in [-0.25, -0.2) is 0 Å². The minimum atomic E-state index is -1.90. The first kappa shape index (κ1) is 25.8. The Labute approximate surface area is 210 Å². The van der Waals surface area contributed by atoms with Crippen LogP contribution in [0, 0.1) is 0 Å². The molecule has 1 unspecified atom stereocenters. The maximum atomic E-state index is 6.46. The Morgan fingerprint density at radius 2 is 1.09 bits per heavy atom. The molecule has 4 atom stereocenters. The number of hydrogen-bond acceptors (Lipinski definition) is 5. The second-order valence-corrected chi connectivity index (χ2v) is 14.3. The van der Waals surface area contributed by atoms with Gasteiger partial charge in [-0.15, -0.1) is 0 Å². The fourth-order valence-corrected chi connectivity index (χ4v) is 4.93. The van der Waals surface area contributed by atoms with Gasteiger partial charge in [-0.2, -0.15) is 0 Å². The Morgan fingerprint density at radius 1 is 0.629 bits per heavy atom. The molecule has 0 saturated carbocycles. The van der Waals surface area contributed by atoms with Gasteiger partial charge in [0.15, 0.2) is 14.6 Å². The Bertz CT molecular complexity index is 994. The van der Waals surface area contributed by atoms with Crippen LogP contribution in [0.4, 0.5) is 0 Å². The summed E-state index contributed by atoms with van der Waals surface area (Å²) in [7, 11) is -1.90. The van der Waals surface area contributed by atoms with Crippen LogP contribution in [-0.2, 0) is 43.2 Å². The minimum absolute atomic E-state index is 0.301. The third-order valence-corrected chi connectivity index (χ3v) is 6.64. The topological polar surface area (TPSA) is 46.2 Å². The molecular weight excluding hydrogens is 456 g/mol. The van der Waals surface area contributed by atoms with E-state index in [1.54, 1.807) is 0 Å². The van der Waals surface area contributed by atoms with E-state index in [0.717, 1.165) is 16.7 Å². The normalized spacial score (nSPS) is 22.4. The lowest BCUT2D eigenvalue weighted by molar-refractivity contribution is -0.143. The number of benzene rings is 3. The number of ether oxygens (including phenoxy) is 4. The van der Waals surface area contributed by atoms with Gasteiger partial charge in [-0.05, 0) is 36.3 Å². The number of rotatable bonds is 12. The van der Waals surface area contributed by atoms with Gasteiger partial charge >= 0.3 is 0 Å². The van der Waals surface area contributed by atoms with E-state index in [9.17, 15) is 0 Å². The fraction of sp³-hybridized carbons (Fsp3) is 0.379. The molecule has 1 heterocycles. The van der Waals surface area contributed by atoms with E-state index < -0.39 is 14.6 Å². The summed E-state index contributed by atoms with van der Waals surface area (Å²) in [6.07, 6.45) is -1.49. The molecule has 1 aliphatic heterocycles. The van der Waals surface area contributed by atoms with Crippen LogP contribution in [0.1, 0.15) is 16.7 Å². The monoisotopic (exact) mass is 492 g/mol. The van der Waals surface area contributed by atoms with Crippen molar-refractivity contribution in [2.45, 2.75) is 64.1 Å². The van der Waals surface area contributed by atoms with E-state index >= 15 is 0 Å². The molecule has 1 fully saturated rings. The van der Waals surface area contributed by atoms with E-state index in [2.05, 4.69) is 56.0 Å². The second kappa shape index (κ2) is 12.6. The molecule has 35 heavy (non-hydrogen) atoms. The maximum absolute atomic E-state index is 6.46. The first-order valence-electron chi connectivity index (χ1n) is 12.2. The van der Waals surface area contributed by atoms with Crippen LogP contribution in [0.25, 0.3) is 0 Å². The van der Waals surface area contributed by atoms with Crippen LogP contribution in [0.2, 0.25) is 19.6 Å². The Morgan fingerprint density at radius 3 is 1.57 bits per heavy atom. The lowest BCUT2D eigenvalue weighted by Gasteiger charge is -2.28. The Kier molecular flexibility index (Phi) is 9.26. The van der Waals surface area contributed by atoms with Crippen molar-refractivity contribution in [3.8, 4) is 0 Å². The van der Waals surface area contributed by atoms with Crippen LogP contribution in [0.3, 0.4) is 0 Å². The van der Waals surface area contributed by atoms with Crippen molar-refractivity contribution in [1.29, 1.82) is 0 Å². The van der Waals surface area contributed by atoms with Crippen molar-refractivity contribution in [3.05, 3.63) is 108 Å². The third kappa shape index (κ3) is 8.10. The maximum Gasteiger partial charge on any atom is 0.187 e. The Balaban J connectivity index is 1.49. The summed E-state index contributed by atoms with van der Waals surface area (Å²) in [5.74, 6) is 0. The second-order valence-electron chi connectivity index (χ2n) is 9.80. The van der Waals surface area contributed by atoms with E-state index in [1.165, 1.54) is 0 Å². The van der Waals surface area contributed by atoms with Crippen LogP contribution in [0.15, 0.2) is 91.0 Å². The highest BCUT2D eigenvalue weighted by Gasteiger charge is 2.48. The fourth-order valence-electron chi connectivity index (χ4n) is 4.05. The van der Waals surface area contributed by atoms with Crippen LogP contribution in [-0.4, -0.2) is 39.5 Å². The number of hydrogen-bond donors (Lipinski definition) is 0. The van der Waals surface area contributed by atoms with Gasteiger partial charge in [0, 0.05) is 0 Å². The van der Waals surface area contributed by atoms with E-state index in [4.69, 9.17) is 23.4 Å². The smallest absolute Gasteiger partial charge is 0.187 e. The molecule has 186 valence electrons. The predicted molar refractivity (Wildman–Crippen MR) is 139 cm³/mol. The van der Waals surface area contributed by atoms with Gasteiger partial charge in [-0.3, -0.25) is 0 Å². The molecule has 0 N–H and O–H groups in total. The van der Waals surface area contributed by atoms with Crippen molar-refractivity contribution in [2.24, 2.45) is 0 Å². The van der Waals surface area contributed by atoms with Crippen LogP contribution < -0.4 is 0 Å². The molecule has 3 aromatic rings. The molecule has 5 nitrogen and oxygen atoms in total. The molecule has 1 saturated heterocycles. The summed E-state index contributed by atoms with van der Waals surface area (Å²) in [4.78, 5) is 0. The lowest BCUT2D eigenvalue weighted by atomic mass is 10.1. The lowest BCUT2D eigenvalue weighted by Crippen LogP contribution is -2.42. The van der Waals surface area contributed by atoms with Gasteiger partial charge in [0.25, 0.3) is 0 Å². The first-order chi connectivity index (χ1) is 17.0. The van der Waals surface area contributed by atoms with Crippen molar-refractivity contribution in [3.63, 3.8) is 0 Å². The summed E-state index contributed by atoms with van der Waals surface area (Å²) in [6.45, 7) is 8.31. The zero-order valence-corrected chi connectivity index (χ0v) is 21.8. The molecule has 1 aliphatic rings. The highest BCUT2D eigenvalue weighted by molar-refractivity contribution is 6.69. The van der Waals surface area contributed by atoms with Gasteiger partial charge < -0.3 is 23.4 Å². The van der Waals surface area contributed by atoms with Crippen molar-refractivity contribution >= 4 is 8.32 Å². The summed E-state index contributed by atoms with van der Waals surface area (Å²) in [5, 5.41) is 0. The zero-order valence-electron chi connectivity index (χ0n) is 20.8. The SMILES string of the molecule is C[Si](C)(C)OC1O[C@H](COCc2ccccc2)[C@@H](OCc2ccccc2)[C@H]1OCc1ccccc1. The van der Waals surface area contributed by atoms with Crippen LogP contribution in [0.5, 0.6) is 0 Å². The van der Waals surface area contributed by atoms with E-state index in [0.29, 0.717) is 26.4 Å². The average Bonchev–Trinajstić information content (AvgIpc) is 3.17. The molecular formula is C29H36O5Si. The molecule has 6 heteroatoms. The highest BCUT2D eigenvalue weighted by atomic mass is 28.4. The molecule has 0 spiro atoms. The molecule has 0 aromatic heterocycles. The predicted octanol–water partition coefficient (Wildman–Crippen LogP) is 5.95. The summed E-state index contributed by atoms with van der Waals surface area (Å²) >= 11 is 0. The first-order valence-corrected chi connectivity index (χ1v) is 15.6. The largest absolute Gasteiger partial charge is 0.391 e. The average molecular weight is 493 g/mol. The van der Waals surface area contributed by atoms with Crippen molar-refractivity contribution in [1.82, 2.24) is 0 Å². The van der Waals surface area contributed by atoms with E-state index in [-0.39, 0.29) is 18.3 Å². The summed E-state index contributed by atoms with van der Waals surface area (Å²) in [5.41, 5.74) is 3.33. The van der Waals surface area contributed by atoms with Gasteiger partial charge in [0.1, 0.15) is 18.3 Å². The molecule has 0 amide bonds. The van der Waals surface area contributed by atoms with Gasteiger partial charge in [0.2, 0.25) is 0 Å². The molecule has 3 aromatic carbocycles. The highest BCUT2D eigenvalue weighted by Crippen LogP contribution is 2.31. The Hall–Kier alpha value is -2.32. The van der Waals surface area contributed by atoms with Crippen molar-refractivity contribution < 1.29 is 23.4 Å². The van der Waals surface area contributed by atoms with Crippen molar-refractivity contribution in [2.75, 3.05) is 6.61 Å². The van der Waals surface area contributed by atoms with Gasteiger partial charge in [-0.1, -0.05) is 91.0 Å². The molecule has 0 radical (unpaired) electrons. The zero-order chi connectivity index (χ0) is 24.5. The summed E-state index contributed by atoms with van der Waals surface area (Å²) in [6, 6.07) is 30.5. The standard InChI is InChI=1S/C29H36O5Si/c1-35(2,3)34-29-28(32-21-25-17-11-6-12-18-25)27(31-20-24-15-9-5-10-16-24)26(33-29)22-30-19-23-13-7-4-8-14-23/h4-18,26-29H,19-22H2,1-3H3/t26-,27-,28-,29?/m1/s1. The quantitative estimate of drug-likeness (QED) is 0.292. The molecule has 0 bridgehead atoms. The summed E-state index contributed by atoms with van der Waals surface area (Å²) < 4.78 is 31.8. The molecule has 0 aliphatic carbocycles. The molecule has 4 rings (SSSR count). The van der Waals surface area contributed by atoms with E-state index in [1.807, 2.05) is 54.6 Å². The van der Waals surface area contributed by atoms with Gasteiger partial charge in [0.05, 0.1) is 26.4 Å². The van der Waals surface area contributed by atoms with Crippen LogP contribution >= 0.6 is 0 Å². The minimum Gasteiger partial charge on any atom is -0.391 e.